The molecule has 0 aliphatic rings. The number of rotatable bonds is 11. The van der Waals surface area contributed by atoms with E-state index in [0.717, 1.165) is 19.5 Å². The van der Waals surface area contributed by atoms with Crippen molar-refractivity contribution in [2.45, 2.75) is 27.2 Å². The van der Waals surface area contributed by atoms with E-state index in [0.29, 0.717) is 19.8 Å². The summed E-state index contributed by atoms with van der Waals surface area (Å²) in [6.07, 6.45) is 0.876. The van der Waals surface area contributed by atoms with E-state index in [1.165, 1.54) is 0 Å². The Morgan fingerprint density at radius 2 is 1.94 bits per heavy atom. The number of carbonyl (C=O) groups is 1. The fourth-order valence-corrected chi connectivity index (χ4v) is 1.08. The lowest BCUT2D eigenvalue weighted by Gasteiger charge is -2.08. The maximum atomic E-state index is 11.4. The van der Waals surface area contributed by atoms with E-state index in [1.54, 1.807) is 0 Å². The predicted octanol–water partition coefficient (Wildman–Crippen LogP) is 1.49. The fraction of sp³-hybridized carbons (Fsp3) is 0.917. The zero-order chi connectivity index (χ0) is 12.2. The molecule has 0 spiro atoms. The van der Waals surface area contributed by atoms with Crippen molar-refractivity contribution in [3.05, 3.63) is 0 Å². The molecule has 1 N–H and O–H groups in total. The van der Waals surface area contributed by atoms with Crippen molar-refractivity contribution in [2.24, 2.45) is 5.92 Å². The molecule has 0 aromatic carbocycles. The highest BCUT2D eigenvalue weighted by Gasteiger charge is 2.09. The van der Waals surface area contributed by atoms with Gasteiger partial charge >= 0.3 is 0 Å². The van der Waals surface area contributed by atoms with E-state index in [-0.39, 0.29) is 19.7 Å². The molecule has 0 saturated heterocycles. The normalized spacial score (nSPS) is 12.7. The number of hydrogen-bond acceptors (Lipinski definition) is 4. The minimum absolute atomic E-state index is 0. The van der Waals surface area contributed by atoms with Crippen LogP contribution < -0.4 is 5.32 Å². The summed E-state index contributed by atoms with van der Waals surface area (Å²) in [5.74, 6) is 0.282. The largest absolute Gasteiger partial charge is 0.378 e. The topological polar surface area (TPSA) is 47.6 Å². The molecule has 0 rings (SSSR count). The molecule has 98 valence electrons. The Balaban J connectivity index is 0. The van der Waals surface area contributed by atoms with E-state index in [1.807, 2.05) is 13.8 Å². The lowest BCUT2D eigenvalue weighted by Crippen LogP contribution is -2.21. The van der Waals surface area contributed by atoms with Gasteiger partial charge in [0.05, 0.1) is 19.8 Å². The van der Waals surface area contributed by atoms with E-state index in [4.69, 9.17) is 9.47 Å². The molecule has 0 amide bonds. The van der Waals surface area contributed by atoms with Crippen molar-refractivity contribution >= 4 is 5.78 Å². The van der Waals surface area contributed by atoms with Gasteiger partial charge in [0.2, 0.25) is 0 Å². The van der Waals surface area contributed by atoms with Crippen LogP contribution in [0, 0.1) is 5.92 Å². The number of ketones is 1. The summed E-state index contributed by atoms with van der Waals surface area (Å²) in [4.78, 5) is 11.4. The highest BCUT2D eigenvalue weighted by Crippen LogP contribution is 2.01. The molecular formula is C12H27NO3. The average Bonchev–Trinajstić information content (AvgIpc) is 2.31. The molecule has 1 atom stereocenters. The SMILES string of the molecule is CCNCCOCCOCC(=O)C(C)CC.[HH]. The summed E-state index contributed by atoms with van der Waals surface area (Å²) in [7, 11) is 0. The van der Waals surface area contributed by atoms with Gasteiger partial charge in [0.25, 0.3) is 0 Å². The monoisotopic (exact) mass is 233 g/mol. The summed E-state index contributed by atoms with van der Waals surface area (Å²) >= 11 is 0. The molecule has 0 aliphatic heterocycles. The summed E-state index contributed by atoms with van der Waals surface area (Å²) in [6, 6.07) is 0. The maximum absolute atomic E-state index is 11.4. The maximum Gasteiger partial charge on any atom is 0.161 e. The Labute approximate surface area is 100 Å². The van der Waals surface area contributed by atoms with Crippen LogP contribution in [0.2, 0.25) is 0 Å². The number of likely N-dealkylation sites (N-methyl/N-ethyl adjacent to an activating group) is 1. The molecule has 16 heavy (non-hydrogen) atoms. The van der Waals surface area contributed by atoms with Crippen molar-refractivity contribution in [3.63, 3.8) is 0 Å². The zero-order valence-corrected chi connectivity index (χ0v) is 10.8. The van der Waals surface area contributed by atoms with Crippen LogP contribution in [0.4, 0.5) is 0 Å². The van der Waals surface area contributed by atoms with Crippen LogP contribution in [0.25, 0.3) is 0 Å². The van der Waals surface area contributed by atoms with Gasteiger partial charge in [-0.1, -0.05) is 20.8 Å². The molecule has 0 aliphatic carbocycles. The molecule has 0 radical (unpaired) electrons. The number of carbonyl (C=O) groups excluding carboxylic acids is 1. The predicted molar refractivity (Wildman–Crippen MR) is 66.8 cm³/mol. The van der Waals surface area contributed by atoms with E-state index in [9.17, 15) is 4.79 Å². The molecule has 0 bridgehead atoms. The second kappa shape index (κ2) is 11.0. The molecule has 0 saturated carbocycles. The Kier molecular flexibility index (Phi) is 10.7. The van der Waals surface area contributed by atoms with Gasteiger partial charge in [0.15, 0.2) is 5.78 Å². The minimum atomic E-state index is 0. The van der Waals surface area contributed by atoms with Gasteiger partial charge in [0.1, 0.15) is 6.61 Å². The smallest absolute Gasteiger partial charge is 0.161 e. The first-order chi connectivity index (χ1) is 7.72. The number of nitrogens with one attached hydrogen (secondary N) is 1. The first-order valence-corrected chi connectivity index (χ1v) is 6.11. The Bertz CT molecular complexity index is 179. The minimum Gasteiger partial charge on any atom is -0.378 e. The zero-order valence-electron chi connectivity index (χ0n) is 10.8. The fourth-order valence-electron chi connectivity index (χ4n) is 1.08. The van der Waals surface area contributed by atoms with Crippen molar-refractivity contribution in [1.82, 2.24) is 5.32 Å². The lowest BCUT2D eigenvalue weighted by atomic mass is 10.1. The standard InChI is InChI=1S/C12H25NO3.H2/c1-4-11(3)12(14)10-16-9-8-15-7-6-13-5-2;/h11,13H,4-10H2,1-3H3;1H. The van der Waals surface area contributed by atoms with Crippen molar-refractivity contribution in [3.8, 4) is 0 Å². The Morgan fingerprint density at radius 1 is 1.25 bits per heavy atom. The van der Waals surface area contributed by atoms with Gasteiger partial charge in [0, 0.05) is 13.9 Å². The van der Waals surface area contributed by atoms with Gasteiger partial charge < -0.3 is 14.8 Å². The molecule has 0 fully saturated rings. The van der Waals surface area contributed by atoms with Crippen LogP contribution in [0.5, 0.6) is 0 Å². The van der Waals surface area contributed by atoms with E-state index in [2.05, 4.69) is 12.2 Å². The van der Waals surface area contributed by atoms with Crippen molar-refractivity contribution in [1.29, 1.82) is 0 Å². The summed E-state index contributed by atoms with van der Waals surface area (Å²) in [5.41, 5.74) is 0. The average molecular weight is 233 g/mol. The molecule has 4 nitrogen and oxygen atoms in total. The number of ether oxygens (including phenoxy) is 2. The molecular weight excluding hydrogens is 206 g/mol. The van der Waals surface area contributed by atoms with Crippen LogP contribution in [0.15, 0.2) is 0 Å². The highest BCUT2D eigenvalue weighted by molar-refractivity contribution is 5.81. The Morgan fingerprint density at radius 3 is 2.56 bits per heavy atom. The quantitative estimate of drug-likeness (QED) is 0.549. The first kappa shape index (κ1) is 15.6. The summed E-state index contributed by atoms with van der Waals surface area (Å²) in [5, 5.41) is 3.16. The van der Waals surface area contributed by atoms with Crippen LogP contribution >= 0.6 is 0 Å². The van der Waals surface area contributed by atoms with Gasteiger partial charge in [-0.25, -0.2) is 0 Å². The van der Waals surface area contributed by atoms with Gasteiger partial charge in [-0.3, -0.25) is 4.79 Å². The number of Topliss-reactive ketones (excluding diaryl/α,β-unsaturated/α-hetero) is 1. The second-order valence-corrected chi connectivity index (χ2v) is 3.79. The van der Waals surface area contributed by atoms with Gasteiger partial charge in [-0.05, 0) is 13.0 Å². The van der Waals surface area contributed by atoms with Crippen LogP contribution in [0.3, 0.4) is 0 Å². The van der Waals surface area contributed by atoms with Crippen LogP contribution in [-0.4, -0.2) is 45.3 Å². The van der Waals surface area contributed by atoms with E-state index >= 15 is 0 Å². The molecule has 0 aromatic rings. The third-order valence-corrected chi connectivity index (χ3v) is 2.45. The van der Waals surface area contributed by atoms with Gasteiger partial charge in [-0.15, -0.1) is 0 Å². The second-order valence-electron chi connectivity index (χ2n) is 3.79. The van der Waals surface area contributed by atoms with Crippen molar-refractivity contribution in [2.75, 3.05) is 39.5 Å². The molecule has 4 heteroatoms. The van der Waals surface area contributed by atoms with Crippen LogP contribution in [0.1, 0.15) is 28.6 Å². The molecule has 0 aromatic heterocycles. The van der Waals surface area contributed by atoms with Gasteiger partial charge in [-0.2, -0.15) is 0 Å². The van der Waals surface area contributed by atoms with Crippen molar-refractivity contribution < 1.29 is 15.7 Å². The highest BCUT2D eigenvalue weighted by atomic mass is 16.5. The molecule has 0 heterocycles. The Hall–Kier alpha value is -0.450. The van der Waals surface area contributed by atoms with Crippen LogP contribution in [-0.2, 0) is 14.3 Å². The first-order valence-electron chi connectivity index (χ1n) is 6.11. The molecule has 1 unspecified atom stereocenters. The third-order valence-electron chi connectivity index (χ3n) is 2.45. The summed E-state index contributed by atoms with van der Waals surface area (Å²) in [6.45, 7) is 9.77. The third kappa shape index (κ3) is 8.83. The van der Waals surface area contributed by atoms with E-state index < -0.39 is 0 Å². The summed E-state index contributed by atoms with van der Waals surface area (Å²) < 4.78 is 10.5. The number of hydrogen-bond donors (Lipinski definition) is 1. The lowest BCUT2D eigenvalue weighted by molar-refractivity contribution is -0.127.